The van der Waals surface area contributed by atoms with Crippen LogP contribution in [0.5, 0.6) is 0 Å². The van der Waals surface area contributed by atoms with Gasteiger partial charge < -0.3 is 14.9 Å². The summed E-state index contributed by atoms with van der Waals surface area (Å²) in [4.78, 5) is 28.3. The van der Waals surface area contributed by atoms with Crippen LogP contribution in [0.4, 0.5) is 25.8 Å². The Hall–Kier alpha value is -3.24. The van der Waals surface area contributed by atoms with Crippen LogP contribution in [-0.2, 0) is 4.79 Å². The molecule has 0 bridgehead atoms. The number of hydrogen-bond acceptors (Lipinski definition) is 7. The summed E-state index contributed by atoms with van der Waals surface area (Å²) >= 11 is 6.33. The van der Waals surface area contributed by atoms with E-state index in [9.17, 15) is 19.1 Å². The normalized spacial score (nSPS) is 14.2. The van der Waals surface area contributed by atoms with Gasteiger partial charge in [-0.25, -0.2) is 8.78 Å². The van der Waals surface area contributed by atoms with Crippen molar-refractivity contribution in [1.29, 1.82) is 0 Å². The van der Waals surface area contributed by atoms with E-state index in [1.54, 1.807) is 24.9 Å². The Morgan fingerprint density at radius 1 is 1.10 bits per heavy atom. The largest absolute Gasteiger partial charge is 0.388 e. The van der Waals surface area contributed by atoms with Crippen LogP contribution in [0.25, 0.3) is 0 Å². The number of halogens is 3. The van der Waals surface area contributed by atoms with Crippen LogP contribution < -0.4 is 14.8 Å². The van der Waals surface area contributed by atoms with Gasteiger partial charge in [0.1, 0.15) is 18.2 Å². The number of amidine groups is 1. The minimum absolute atomic E-state index is 0.0448. The van der Waals surface area contributed by atoms with Gasteiger partial charge >= 0.3 is 0 Å². The molecule has 0 unspecified atom stereocenters. The van der Waals surface area contributed by atoms with Gasteiger partial charge in [-0.2, -0.15) is 5.10 Å². The number of aldehydes is 1. The molecule has 0 radical (unpaired) electrons. The number of hydrogen-bond donors (Lipinski definition) is 1. The zero-order valence-electron chi connectivity index (χ0n) is 22.6. The summed E-state index contributed by atoms with van der Waals surface area (Å²) in [6.45, 7) is 2.23. The van der Waals surface area contributed by atoms with Gasteiger partial charge in [0, 0.05) is 32.7 Å². The van der Waals surface area contributed by atoms with E-state index in [-0.39, 0.29) is 41.0 Å². The highest BCUT2D eigenvalue weighted by molar-refractivity contribution is 6.33. The topological polar surface area (TPSA) is 79.7 Å². The lowest BCUT2D eigenvalue weighted by molar-refractivity contribution is -0.114. The number of aliphatic hydroxyl groups is 1. The maximum Gasteiger partial charge on any atom is 0.215 e. The van der Waals surface area contributed by atoms with Crippen molar-refractivity contribution in [3.05, 3.63) is 52.6 Å². The van der Waals surface area contributed by atoms with Gasteiger partial charge in [0.2, 0.25) is 6.41 Å². The molecule has 0 saturated heterocycles. The van der Waals surface area contributed by atoms with Gasteiger partial charge in [0.25, 0.3) is 0 Å². The Labute approximate surface area is 233 Å². The summed E-state index contributed by atoms with van der Waals surface area (Å²) in [5, 5.41) is 15.5. The highest BCUT2D eigenvalue weighted by atomic mass is 35.5. The summed E-state index contributed by atoms with van der Waals surface area (Å²) in [5.41, 5.74) is 0.874. The lowest BCUT2D eigenvalue weighted by atomic mass is 9.89. The lowest BCUT2D eigenvalue weighted by Crippen LogP contribution is -2.40. The monoisotopic (exact) mass is 563 g/mol. The fraction of sp³-hybridized carbons (Fsp3) is 0.464. The van der Waals surface area contributed by atoms with Crippen LogP contribution in [0.15, 0.2) is 35.4 Å². The minimum Gasteiger partial charge on any atom is -0.388 e. The molecule has 2 aromatic rings. The number of para-hydroxylation sites is 1. The lowest BCUT2D eigenvalue weighted by Gasteiger charge is -2.36. The molecule has 0 atom stereocenters. The van der Waals surface area contributed by atoms with Gasteiger partial charge in [-0.15, -0.1) is 0 Å². The third-order valence-corrected chi connectivity index (χ3v) is 7.33. The number of likely N-dealkylation sites (N-methyl/N-ethyl adjacent to an activating group) is 1. The molecule has 1 saturated carbocycles. The number of rotatable bonds is 12. The Kier molecular flexibility index (Phi) is 11.1. The van der Waals surface area contributed by atoms with Gasteiger partial charge in [-0.05, 0) is 49.9 Å². The predicted molar refractivity (Wildman–Crippen MR) is 152 cm³/mol. The van der Waals surface area contributed by atoms with Gasteiger partial charge in [0.05, 0.1) is 28.8 Å². The Bertz CT molecular complexity index is 1160. The number of aliphatic hydroxyl groups excluding tert-OH is 1. The zero-order valence-corrected chi connectivity index (χ0v) is 23.4. The average molecular weight is 564 g/mol. The SMILES string of the molecule is CCN(C=O)/C(CO)=N\N(C)c1cc(N(CC2CCCCC2)CN(C)c2c(F)cccc2Cl)c(C=O)cc1F. The van der Waals surface area contributed by atoms with Crippen molar-refractivity contribution in [3.8, 4) is 0 Å². The molecule has 11 heteroatoms. The summed E-state index contributed by atoms with van der Waals surface area (Å²) in [5.74, 6) is -0.775. The highest BCUT2D eigenvalue weighted by Gasteiger charge is 2.24. The minimum atomic E-state index is -0.693. The number of nitrogens with zero attached hydrogens (tertiary/aromatic N) is 5. The molecule has 212 valence electrons. The van der Waals surface area contributed by atoms with Crippen LogP contribution in [0.1, 0.15) is 49.4 Å². The molecule has 1 fully saturated rings. The number of amides is 1. The third-order valence-electron chi connectivity index (χ3n) is 7.02. The summed E-state index contributed by atoms with van der Waals surface area (Å²) in [6, 6.07) is 7.14. The molecule has 1 amide bonds. The first kappa shape index (κ1) is 30.3. The standard InChI is InChI=1S/C28H36ClF2N5O3/c1-4-35(19-39)27(17-38)32-34(3)26-14-25(21(16-37)13-24(26)31)36(15-20-9-6-5-7-10-20)18-33(2)28-22(29)11-8-12-23(28)30/h8,11-14,16,19-20,38H,4-7,9-10,15,17-18H2,1-3H3/b32-27-. The zero-order chi connectivity index (χ0) is 28.5. The number of carbonyl (C=O) groups excluding carboxylic acids is 2. The maximum atomic E-state index is 15.2. The molecular weight excluding hydrogens is 528 g/mol. The molecule has 1 N–H and O–H groups in total. The van der Waals surface area contributed by atoms with E-state index in [2.05, 4.69) is 5.10 Å². The first-order valence-electron chi connectivity index (χ1n) is 13.1. The van der Waals surface area contributed by atoms with Crippen LogP contribution in [0.2, 0.25) is 5.02 Å². The number of hydrazone groups is 1. The molecule has 8 nitrogen and oxygen atoms in total. The molecule has 2 aromatic carbocycles. The summed E-state index contributed by atoms with van der Waals surface area (Å²) < 4.78 is 30.0. The molecule has 3 rings (SSSR count). The van der Waals surface area contributed by atoms with E-state index in [1.165, 1.54) is 41.6 Å². The van der Waals surface area contributed by atoms with E-state index >= 15 is 4.39 Å². The molecule has 0 heterocycles. The Morgan fingerprint density at radius 3 is 2.41 bits per heavy atom. The van der Waals surface area contributed by atoms with Crippen LogP contribution in [0, 0.1) is 17.6 Å². The van der Waals surface area contributed by atoms with Crippen molar-refractivity contribution in [2.75, 3.05) is 55.3 Å². The first-order valence-corrected chi connectivity index (χ1v) is 13.4. The van der Waals surface area contributed by atoms with Crippen LogP contribution in [-0.4, -0.2) is 69.0 Å². The highest BCUT2D eigenvalue weighted by Crippen LogP contribution is 2.34. The second kappa shape index (κ2) is 14.2. The van der Waals surface area contributed by atoms with Crippen molar-refractivity contribution in [2.24, 2.45) is 11.0 Å². The molecule has 0 spiro atoms. The second-order valence-electron chi connectivity index (χ2n) is 9.71. The van der Waals surface area contributed by atoms with Crippen molar-refractivity contribution in [3.63, 3.8) is 0 Å². The number of carbonyl (C=O) groups is 2. The average Bonchev–Trinajstić information content (AvgIpc) is 2.92. The third kappa shape index (κ3) is 7.45. The smallest absolute Gasteiger partial charge is 0.215 e. The van der Waals surface area contributed by atoms with Crippen molar-refractivity contribution < 1.29 is 23.5 Å². The van der Waals surface area contributed by atoms with Crippen LogP contribution in [0.3, 0.4) is 0 Å². The first-order chi connectivity index (χ1) is 18.7. The van der Waals surface area contributed by atoms with Crippen molar-refractivity contribution >= 4 is 47.2 Å². The van der Waals surface area contributed by atoms with Crippen molar-refractivity contribution in [1.82, 2.24) is 4.90 Å². The fourth-order valence-electron chi connectivity index (χ4n) is 5.00. The molecule has 39 heavy (non-hydrogen) atoms. The summed E-state index contributed by atoms with van der Waals surface area (Å²) in [6.07, 6.45) is 6.56. The molecule has 1 aliphatic carbocycles. The molecule has 1 aliphatic rings. The van der Waals surface area contributed by atoms with E-state index in [1.807, 2.05) is 4.90 Å². The van der Waals surface area contributed by atoms with Gasteiger partial charge in [0.15, 0.2) is 12.1 Å². The van der Waals surface area contributed by atoms with Crippen molar-refractivity contribution in [2.45, 2.75) is 39.0 Å². The number of anilines is 3. The van der Waals surface area contributed by atoms with E-state index in [0.717, 1.165) is 31.7 Å². The van der Waals surface area contributed by atoms with E-state index in [0.29, 0.717) is 30.8 Å². The molecular formula is C28H36ClF2N5O3. The van der Waals surface area contributed by atoms with Crippen LogP contribution >= 0.6 is 11.6 Å². The maximum absolute atomic E-state index is 15.2. The Balaban J connectivity index is 2.06. The second-order valence-corrected chi connectivity index (χ2v) is 10.1. The number of benzene rings is 2. The quantitative estimate of drug-likeness (QED) is 0.127. The van der Waals surface area contributed by atoms with Gasteiger partial charge in [-0.1, -0.05) is 36.9 Å². The predicted octanol–water partition coefficient (Wildman–Crippen LogP) is 5.13. The fourth-order valence-corrected chi connectivity index (χ4v) is 5.31. The molecule has 0 aromatic heterocycles. The molecule has 0 aliphatic heterocycles. The van der Waals surface area contributed by atoms with E-state index < -0.39 is 18.2 Å². The van der Waals surface area contributed by atoms with E-state index in [4.69, 9.17) is 11.6 Å². The summed E-state index contributed by atoms with van der Waals surface area (Å²) in [7, 11) is 3.21. The Morgan fingerprint density at radius 2 is 1.82 bits per heavy atom. The van der Waals surface area contributed by atoms with Gasteiger partial charge in [-0.3, -0.25) is 19.5 Å².